The predicted octanol–water partition coefficient (Wildman–Crippen LogP) is 0.562. The van der Waals surface area contributed by atoms with E-state index in [2.05, 4.69) is 6.58 Å². The zero-order valence-electron chi connectivity index (χ0n) is 11.3. The number of aliphatic hydroxyl groups is 1. The number of carbonyl (C=O) groups excluding carboxylic acids is 1. The van der Waals surface area contributed by atoms with Crippen molar-refractivity contribution in [2.45, 2.75) is 43.2 Å². The normalized spacial score (nSPS) is 49.5. The second-order valence-electron chi connectivity index (χ2n) is 5.51. The topological polar surface area (TPSA) is 74.2 Å². The maximum Gasteiger partial charge on any atom is 0.303 e. The van der Waals surface area contributed by atoms with E-state index in [1.165, 1.54) is 14.0 Å². The number of hydrogen-bond donors (Lipinski definition) is 1. The fourth-order valence-corrected chi connectivity index (χ4v) is 4.04. The third-order valence-electron chi connectivity index (χ3n) is 4.53. The van der Waals surface area contributed by atoms with Gasteiger partial charge in [0.1, 0.15) is 17.3 Å². The number of methoxy groups -OCH3 is 1. The Morgan fingerprint density at radius 1 is 1.65 bits per heavy atom. The van der Waals surface area contributed by atoms with E-state index in [0.29, 0.717) is 5.57 Å². The molecule has 0 aromatic heterocycles. The van der Waals surface area contributed by atoms with Crippen molar-refractivity contribution in [1.29, 1.82) is 0 Å². The van der Waals surface area contributed by atoms with Gasteiger partial charge in [-0.1, -0.05) is 6.58 Å². The van der Waals surface area contributed by atoms with Crippen LogP contribution in [-0.2, 0) is 23.7 Å². The summed E-state index contributed by atoms with van der Waals surface area (Å²) in [6.45, 7) is 5.17. The van der Waals surface area contributed by atoms with E-state index < -0.39 is 41.8 Å². The molecule has 0 amide bonds. The Kier molecular flexibility index (Phi) is 3.15. The van der Waals surface area contributed by atoms with Crippen LogP contribution in [-0.4, -0.2) is 54.0 Å². The van der Waals surface area contributed by atoms with Crippen LogP contribution in [0.4, 0.5) is 0 Å². The summed E-state index contributed by atoms with van der Waals surface area (Å²) in [6.07, 6.45) is -1.96. The minimum absolute atomic E-state index is 0.0604. The highest BCUT2D eigenvalue weighted by Gasteiger charge is 2.75. The van der Waals surface area contributed by atoms with Crippen LogP contribution in [0.15, 0.2) is 12.2 Å². The molecule has 4 bridgehead atoms. The van der Waals surface area contributed by atoms with Crippen LogP contribution in [0, 0.1) is 5.92 Å². The molecule has 0 aromatic carbocycles. The summed E-state index contributed by atoms with van der Waals surface area (Å²) in [6, 6.07) is 0. The lowest BCUT2D eigenvalue weighted by molar-refractivity contribution is -0.384. The largest absolute Gasteiger partial charge is 0.459 e. The zero-order valence-corrected chi connectivity index (χ0v) is 12.1. The van der Waals surface area contributed by atoms with Crippen LogP contribution in [0.1, 0.15) is 13.3 Å². The predicted molar refractivity (Wildman–Crippen MR) is 68.0 cm³/mol. The molecule has 20 heavy (non-hydrogen) atoms. The van der Waals surface area contributed by atoms with Gasteiger partial charge in [-0.3, -0.25) is 4.79 Å². The molecule has 112 valence electrons. The monoisotopic (exact) mass is 304 g/mol. The van der Waals surface area contributed by atoms with Crippen molar-refractivity contribution in [3.05, 3.63) is 12.2 Å². The molecule has 4 rings (SSSR count). The van der Waals surface area contributed by atoms with E-state index in [1.54, 1.807) is 0 Å². The van der Waals surface area contributed by atoms with Crippen LogP contribution in [0.5, 0.6) is 0 Å². The quantitative estimate of drug-likeness (QED) is 0.467. The molecule has 1 saturated carbocycles. The van der Waals surface area contributed by atoms with Gasteiger partial charge in [0, 0.05) is 26.0 Å². The van der Waals surface area contributed by atoms with Gasteiger partial charge in [0.05, 0.1) is 11.8 Å². The van der Waals surface area contributed by atoms with Gasteiger partial charge in [-0.25, -0.2) is 0 Å². The van der Waals surface area contributed by atoms with Crippen molar-refractivity contribution in [1.82, 2.24) is 0 Å². The van der Waals surface area contributed by atoms with Crippen molar-refractivity contribution < 1.29 is 28.8 Å². The van der Waals surface area contributed by atoms with Gasteiger partial charge in [-0.2, -0.15) is 0 Å². The molecule has 6 atom stereocenters. The van der Waals surface area contributed by atoms with E-state index in [4.69, 9.17) is 30.5 Å². The summed E-state index contributed by atoms with van der Waals surface area (Å²) in [4.78, 5) is 11.3. The molecular formula is C13H17ClO6. The molecular weight excluding hydrogens is 288 g/mol. The van der Waals surface area contributed by atoms with Crippen LogP contribution in [0.2, 0.25) is 0 Å². The summed E-state index contributed by atoms with van der Waals surface area (Å²) in [5.74, 6) is -0.972. The molecule has 7 heteroatoms. The third kappa shape index (κ3) is 1.57. The highest BCUT2D eigenvalue weighted by Crippen LogP contribution is 2.61. The fraction of sp³-hybridized carbons (Fsp3) is 0.769. The molecule has 4 fully saturated rings. The van der Waals surface area contributed by atoms with Gasteiger partial charge < -0.3 is 24.1 Å². The summed E-state index contributed by atoms with van der Waals surface area (Å²) < 4.78 is 22.0. The zero-order chi connectivity index (χ0) is 14.7. The first-order chi connectivity index (χ1) is 9.39. The molecule has 3 heterocycles. The lowest BCUT2D eigenvalue weighted by Crippen LogP contribution is -2.69. The van der Waals surface area contributed by atoms with Gasteiger partial charge in [0.25, 0.3) is 0 Å². The molecule has 0 radical (unpaired) electrons. The minimum atomic E-state index is -1.27. The number of halogens is 1. The standard InChI is InChI=1S/C13H17ClO6/c1-6-10-19-11(17-3)9-12(6,16)4-8(18-7(2)15)13(9,5-14)20-10/h8-11,16H,1,4-5H2,2-3H3. The summed E-state index contributed by atoms with van der Waals surface area (Å²) in [7, 11) is 1.49. The van der Waals surface area contributed by atoms with Crippen molar-refractivity contribution >= 4 is 17.6 Å². The van der Waals surface area contributed by atoms with Crippen molar-refractivity contribution in [3.8, 4) is 0 Å². The second kappa shape index (κ2) is 4.42. The minimum Gasteiger partial charge on any atom is -0.459 e. The molecule has 4 aliphatic rings. The maximum atomic E-state index is 11.3. The van der Waals surface area contributed by atoms with E-state index in [1.807, 2.05) is 0 Å². The van der Waals surface area contributed by atoms with Crippen LogP contribution < -0.4 is 0 Å². The van der Waals surface area contributed by atoms with E-state index >= 15 is 0 Å². The van der Waals surface area contributed by atoms with Crippen LogP contribution >= 0.6 is 11.6 Å². The molecule has 1 aliphatic carbocycles. The van der Waals surface area contributed by atoms with Gasteiger partial charge in [0.2, 0.25) is 0 Å². The number of fused-ring (bicyclic) bond motifs is 1. The van der Waals surface area contributed by atoms with Crippen LogP contribution in [0.25, 0.3) is 0 Å². The van der Waals surface area contributed by atoms with Gasteiger partial charge in [-0.15, -0.1) is 11.6 Å². The first-order valence-electron chi connectivity index (χ1n) is 6.40. The number of alkyl halides is 1. The van der Waals surface area contributed by atoms with Gasteiger partial charge in [-0.05, 0) is 0 Å². The second-order valence-corrected chi connectivity index (χ2v) is 5.78. The van der Waals surface area contributed by atoms with Crippen LogP contribution in [0.3, 0.4) is 0 Å². The van der Waals surface area contributed by atoms with Crippen molar-refractivity contribution in [2.75, 3.05) is 13.0 Å². The fourth-order valence-electron chi connectivity index (χ4n) is 3.64. The van der Waals surface area contributed by atoms with Gasteiger partial charge in [0.15, 0.2) is 12.6 Å². The highest BCUT2D eigenvalue weighted by molar-refractivity contribution is 6.18. The molecule has 3 saturated heterocycles. The van der Waals surface area contributed by atoms with E-state index in [9.17, 15) is 9.90 Å². The smallest absolute Gasteiger partial charge is 0.303 e. The Hall–Kier alpha value is -0.660. The molecule has 0 spiro atoms. The Labute approximate surface area is 121 Å². The first-order valence-corrected chi connectivity index (χ1v) is 6.93. The third-order valence-corrected chi connectivity index (χ3v) is 4.95. The molecule has 1 N–H and O–H groups in total. The molecule has 6 nitrogen and oxygen atoms in total. The number of rotatable bonds is 3. The van der Waals surface area contributed by atoms with Gasteiger partial charge >= 0.3 is 5.97 Å². The highest BCUT2D eigenvalue weighted by atomic mass is 35.5. The SMILES string of the molecule is C=C1C2OC(OC)C3C1(O)CC(OC(C)=O)C3(CCl)O2. The van der Waals surface area contributed by atoms with E-state index in [-0.39, 0.29) is 12.3 Å². The summed E-state index contributed by atoms with van der Waals surface area (Å²) in [5.41, 5.74) is -1.87. The number of carbonyl (C=O) groups is 1. The number of ether oxygens (including phenoxy) is 4. The summed E-state index contributed by atoms with van der Waals surface area (Å²) in [5, 5.41) is 11.0. The number of hydrogen-bond acceptors (Lipinski definition) is 6. The molecule has 6 unspecified atom stereocenters. The van der Waals surface area contributed by atoms with Crippen molar-refractivity contribution in [3.63, 3.8) is 0 Å². The van der Waals surface area contributed by atoms with Crippen molar-refractivity contribution in [2.24, 2.45) is 5.92 Å². The Morgan fingerprint density at radius 3 is 2.90 bits per heavy atom. The maximum absolute atomic E-state index is 11.3. The first kappa shape index (κ1) is 14.3. The average Bonchev–Trinajstić information content (AvgIpc) is 2.63. The Bertz CT molecular complexity index is 468. The Morgan fingerprint density at radius 2 is 2.35 bits per heavy atom. The molecule has 3 aliphatic heterocycles. The summed E-state index contributed by atoms with van der Waals surface area (Å²) >= 11 is 6.10. The lowest BCUT2D eigenvalue weighted by atomic mass is 9.74. The Balaban J connectivity index is 2.07. The number of esters is 1. The molecule has 0 aromatic rings. The van der Waals surface area contributed by atoms with E-state index in [0.717, 1.165) is 0 Å². The lowest BCUT2D eigenvalue weighted by Gasteiger charge is -2.55. The average molecular weight is 305 g/mol.